The van der Waals surface area contributed by atoms with Crippen molar-refractivity contribution in [3.8, 4) is 0 Å². The summed E-state index contributed by atoms with van der Waals surface area (Å²) in [5.74, 6) is 0.840. The van der Waals surface area contributed by atoms with Crippen LogP contribution in [0.1, 0.15) is 42.0 Å². The summed E-state index contributed by atoms with van der Waals surface area (Å²) < 4.78 is 0. The minimum atomic E-state index is -0.397. The Morgan fingerprint density at radius 3 is 2.51 bits per heavy atom. The van der Waals surface area contributed by atoms with E-state index in [1.165, 1.54) is 16.7 Å². The third-order valence-corrected chi connectivity index (χ3v) is 8.03. The molecule has 3 atom stereocenters. The lowest BCUT2D eigenvalue weighted by Gasteiger charge is -2.35. The Balaban J connectivity index is 1.59. The molecule has 1 saturated heterocycles. The van der Waals surface area contributed by atoms with Crippen molar-refractivity contribution in [3.05, 3.63) is 77.5 Å². The number of rotatable bonds is 8. The van der Waals surface area contributed by atoms with Gasteiger partial charge in [0.25, 0.3) is 0 Å². The van der Waals surface area contributed by atoms with Gasteiger partial charge in [0.15, 0.2) is 0 Å². The molecule has 2 aromatic carbocycles. The smallest absolute Gasteiger partial charge is 0.245 e. The van der Waals surface area contributed by atoms with Crippen LogP contribution in [-0.4, -0.2) is 65.6 Å². The number of benzene rings is 2. The topological polar surface area (TPSA) is 65.0 Å². The van der Waals surface area contributed by atoms with E-state index in [-0.39, 0.29) is 23.2 Å². The van der Waals surface area contributed by atoms with E-state index in [1.807, 2.05) is 60.4 Å². The first-order valence-corrected chi connectivity index (χ1v) is 13.1. The summed E-state index contributed by atoms with van der Waals surface area (Å²) in [5.41, 5.74) is 5.57. The number of likely N-dealkylation sites (N-methyl/N-ethyl adjacent to an activating group) is 1. The minimum absolute atomic E-state index is 0.00445. The lowest BCUT2D eigenvalue weighted by molar-refractivity contribution is -0.138. The molecule has 6 nitrogen and oxygen atoms in total. The Labute approximate surface area is 212 Å². The van der Waals surface area contributed by atoms with Gasteiger partial charge in [0.1, 0.15) is 6.04 Å². The maximum absolute atomic E-state index is 14.2. The second-order valence-corrected chi connectivity index (χ2v) is 10.6. The Morgan fingerprint density at radius 1 is 1.14 bits per heavy atom. The quantitative estimate of drug-likeness (QED) is 0.600. The molecular formula is C28H34N4O2S. The summed E-state index contributed by atoms with van der Waals surface area (Å²) in [5, 5.41) is 2.63. The van der Waals surface area contributed by atoms with Gasteiger partial charge in [-0.05, 0) is 44.1 Å². The van der Waals surface area contributed by atoms with Crippen molar-refractivity contribution in [2.45, 2.75) is 43.6 Å². The Bertz CT molecular complexity index is 1110. The third kappa shape index (κ3) is 5.68. The van der Waals surface area contributed by atoms with Crippen LogP contribution in [0.3, 0.4) is 0 Å². The van der Waals surface area contributed by atoms with Gasteiger partial charge in [-0.3, -0.25) is 19.5 Å². The van der Waals surface area contributed by atoms with Gasteiger partial charge in [0, 0.05) is 37.6 Å². The summed E-state index contributed by atoms with van der Waals surface area (Å²) in [6.45, 7) is 2.08. The SMILES string of the molecule is CNC(=O)CCC1SC[C@@H](C2=NC=C(c3ccc(C)cc3)C2)N1C(=O)C(c1ccccc1)N(C)C. The van der Waals surface area contributed by atoms with E-state index in [1.54, 1.807) is 18.8 Å². The molecule has 184 valence electrons. The van der Waals surface area contributed by atoms with E-state index in [0.29, 0.717) is 12.8 Å². The molecule has 0 aromatic heterocycles. The molecule has 2 unspecified atom stereocenters. The Hall–Kier alpha value is -2.90. The lowest BCUT2D eigenvalue weighted by Crippen LogP contribution is -2.49. The van der Waals surface area contributed by atoms with Gasteiger partial charge in [-0.2, -0.15) is 0 Å². The average Bonchev–Trinajstić information content (AvgIpc) is 3.51. The summed E-state index contributed by atoms with van der Waals surface area (Å²) in [6, 6.07) is 17.9. The standard InChI is InChI=1S/C28H34N4O2S/c1-19-10-12-20(13-11-19)22-16-23(30-17-22)24-18-35-26(15-14-25(33)29-2)32(24)28(34)27(31(3)4)21-8-6-5-7-9-21/h5-13,17,24,26-27H,14-16,18H2,1-4H3,(H,29,33)/t24-,26?,27?/m0/s1. The van der Waals surface area contributed by atoms with E-state index in [4.69, 9.17) is 4.99 Å². The number of hydrogen-bond acceptors (Lipinski definition) is 5. The van der Waals surface area contributed by atoms with Gasteiger partial charge in [0.05, 0.1) is 11.4 Å². The molecule has 0 bridgehead atoms. The van der Waals surface area contributed by atoms with Gasteiger partial charge in [-0.15, -0.1) is 11.8 Å². The van der Waals surface area contributed by atoms with Gasteiger partial charge >= 0.3 is 0 Å². The van der Waals surface area contributed by atoms with Crippen LogP contribution in [-0.2, 0) is 9.59 Å². The molecule has 2 aromatic rings. The number of aliphatic imine (C=N–C) groups is 1. The van der Waals surface area contributed by atoms with E-state index in [2.05, 4.69) is 36.5 Å². The first-order chi connectivity index (χ1) is 16.9. The Kier molecular flexibility index (Phi) is 8.08. The number of amides is 2. The number of carbonyl (C=O) groups excluding carboxylic acids is 2. The van der Waals surface area contributed by atoms with Crippen LogP contribution in [0.5, 0.6) is 0 Å². The molecule has 2 heterocycles. The lowest BCUT2D eigenvalue weighted by atomic mass is 9.97. The van der Waals surface area contributed by atoms with Crippen molar-refractivity contribution >= 4 is 34.9 Å². The molecule has 7 heteroatoms. The number of aryl methyl sites for hydroxylation is 1. The van der Waals surface area contributed by atoms with Crippen molar-refractivity contribution < 1.29 is 9.59 Å². The largest absolute Gasteiger partial charge is 0.359 e. The molecule has 4 rings (SSSR count). The van der Waals surface area contributed by atoms with Gasteiger partial charge in [0.2, 0.25) is 11.8 Å². The van der Waals surface area contributed by atoms with Crippen LogP contribution in [0.2, 0.25) is 0 Å². The molecule has 1 fully saturated rings. The molecular weight excluding hydrogens is 456 g/mol. The normalized spacial score (nSPS) is 20.5. The molecule has 0 saturated carbocycles. The molecule has 1 N–H and O–H groups in total. The highest BCUT2D eigenvalue weighted by atomic mass is 32.2. The maximum Gasteiger partial charge on any atom is 0.245 e. The molecule has 2 aliphatic heterocycles. The number of nitrogens with zero attached hydrogens (tertiary/aromatic N) is 3. The van der Waals surface area contributed by atoms with Crippen LogP contribution in [0.15, 0.2) is 65.8 Å². The number of allylic oxidation sites excluding steroid dienone is 1. The zero-order valence-corrected chi connectivity index (χ0v) is 21.7. The first-order valence-electron chi connectivity index (χ1n) is 12.1. The fourth-order valence-electron chi connectivity index (χ4n) is 4.75. The molecule has 2 amide bonds. The second-order valence-electron chi connectivity index (χ2n) is 9.36. The Morgan fingerprint density at radius 2 is 1.86 bits per heavy atom. The number of hydrogen-bond donors (Lipinski definition) is 1. The molecule has 0 spiro atoms. The number of carbonyl (C=O) groups is 2. The van der Waals surface area contributed by atoms with Crippen LogP contribution < -0.4 is 5.32 Å². The zero-order valence-electron chi connectivity index (χ0n) is 20.9. The van der Waals surface area contributed by atoms with E-state index in [0.717, 1.165) is 23.4 Å². The highest BCUT2D eigenvalue weighted by Crippen LogP contribution is 2.38. The van der Waals surface area contributed by atoms with Crippen molar-refractivity contribution in [1.82, 2.24) is 15.1 Å². The number of nitrogens with one attached hydrogen (secondary N) is 1. The monoisotopic (exact) mass is 490 g/mol. The van der Waals surface area contributed by atoms with Crippen molar-refractivity contribution in [1.29, 1.82) is 0 Å². The van der Waals surface area contributed by atoms with Gasteiger partial charge in [-0.1, -0.05) is 60.2 Å². The number of thioether (sulfide) groups is 1. The van der Waals surface area contributed by atoms with Crippen LogP contribution in [0, 0.1) is 6.92 Å². The van der Waals surface area contributed by atoms with E-state index in [9.17, 15) is 9.59 Å². The predicted molar refractivity (Wildman–Crippen MR) is 144 cm³/mol. The van der Waals surface area contributed by atoms with E-state index < -0.39 is 6.04 Å². The highest BCUT2D eigenvalue weighted by molar-refractivity contribution is 8.00. The first kappa shape index (κ1) is 25.2. The fraction of sp³-hybridized carbons (Fsp3) is 0.393. The van der Waals surface area contributed by atoms with Crippen molar-refractivity contribution in [2.24, 2.45) is 4.99 Å². The maximum atomic E-state index is 14.2. The average molecular weight is 491 g/mol. The predicted octanol–water partition coefficient (Wildman–Crippen LogP) is 4.28. The van der Waals surface area contributed by atoms with Crippen LogP contribution >= 0.6 is 11.8 Å². The molecule has 0 aliphatic carbocycles. The molecule has 0 radical (unpaired) electrons. The molecule has 35 heavy (non-hydrogen) atoms. The molecule has 2 aliphatic rings. The van der Waals surface area contributed by atoms with E-state index >= 15 is 0 Å². The summed E-state index contributed by atoms with van der Waals surface area (Å²) in [7, 11) is 5.54. The summed E-state index contributed by atoms with van der Waals surface area (Å²) >= 11 is 1.75. The van der Waals surface area contributed by atoms with Crippen LogP contribution in [0.4, 0.5) is 0 Å². The third-order valence-electron chi connectivity index (χ3n) is 6.67. The highest BCUT2D eigenvalue weighted by Gasteiger charge is 2.43. The second kappa shape index (κ2) is 11.2. The minimum Gasteiger partial charge on any atom is -0.359 e. The fourth-order valence-corrected chi connectivity index (χ4v) is 6.20. The summed E-state index contributed by atoms with van der Waals surface area (Å²) in [6.07, 6.45) is 3.69. The zero-order chi connectivity index (χ0) is 24.9. The van der Waals surface area contributed by atoms with Gasteiger partial charge < -0.3 is 10.2 Å². The van der Waals surface area contributed by atoms with Crippen LogP contribution in [0.25, 0.3) is 5.57 Å². The summed E-state index contributed by atoms with van der Waals surface area (Å²) in [4.78, 5) is 35.0. The van der Waals surface area contributed by atoms with Gasteiger partial charge in [-0.25, -0.2) is 0 Å². The van der Waals surface area contributed by atoms with Crippen molar-refractivity contribution in [3.63, 3.8) is 0 Å². The van der Waals surface area contributed by atoms with Crippen molar-refractivity contribution in [2.75, 3.05) is 26.9 Å².